The maximum atomic E-state index is 12.1. The second-order valence-electron chi connectivity index (χ2n) is 4.37. The van der Waals surface area contributed by atoms with E-state index in [-0.39, 0.29) is 30.8 Å². The number of nitrogens with zero attached hydrogens (tertiary/aromatic N) is 2. The number of amides is 1. The summed E-state index contributed by atoms with van der Waals surface area (Å²) in [5.74, 6) is -0.324. The van der Waals surface area contributed by atoms with Crippen LogP contribution >= 0.6 is 0 Å². The molecule has 1 N–H and O–H groups in total. The number of carbonyl (C=O) groups excluding carboxylic acids is 2. The molecule has 1 saturated heterocycles. The lowest BCUT2D eigenvalue weighted by molar-refractivity contribution is -0.149. The Hall–Kier alpha value is -1.89. The Kier molecular flexibility index (Phi) is 4.51. The lowest BCUT2D eigenvalue weighted by atomic mass is 10.2. The molecule has 1 aromatic rings. The van der Waals surface area contributed by atoms with Crippen molar-refractivity contribution >= 4 is 11.9 Å². The van der Waals surface area contributed by atoms with Crippen molar-refractivity contribution in [3.8, 4) is 0 Å². The van der Waals surface area contributed by atoms with Crippen LogP contribution in [-0.4, -0.2) is 59.9 Å². The Labute approximate surface area is 110 Å². The summed E-state index contributed by atoms with van der Waals surface area (Å²) in [6.07, 6.45) is 1.78. The van der Waals surface area contributed by atoms with Crippen LogP contribution in [0.15, 0.2) is 12.3 Å². The van der Waals surface area contributed by atoms with Gasteiger partial charge in [0.15, 0.2) is 0 Å². The number of aromatic nitrogens is 2. The Morgan fingerprint density at radius 2 is 2.47 bits per heavy atom. The monoisotopic (exact) mass is 267 g/mol. The van der Waals surface area contributed by atoms with Crippen molar-refractivity contribution in [1.82, 2.24) is 15.1 Å². The molecule has 104 valence electrons. The highest BCUT2D eigenvalue weighted by atomic mass is 16.5. The summed E-state index contributed by atoms with van der Waals surface area (Å²) in [6, 6.07) is 1.77. The molecular weight excluding hydrogens is 250 g/mol. The number of hydrogen-bond donors (Lipinski definition) is 1. The fourth-order valence-electron chi connectivity index (χ4n) is 2.00. The molecule has 0 radical (unpaired) electrons. The number of nitrogens with one attached hydrogen (secondary N) is 1. The highest BCUT2D eigenvalue weighted by Crippen LogP contribution is 2.11. The topological polar surface area (TPSA) is 84.5 Å². The predicted molar refractivity (Wildman–Crippen MR) is 65.2 cm³/mol. The number of morpholine rings is 1. The van der Waals surface area contributed by atoms with Crippen molar-refractivity contribution in [3.05, 3.63) is 18.0 Å². The minimum Gasteiger partial charge on any atom is -0.469 e. The van der Waals surface area contributed by atoms with Gasteiger partial charge in [-0.1, -0.05) is 0 Å². The van der Waals surface area contributed by atoms with E-state index in [2.05, 4.69) is 14.9 Å². The molecule has 1 aliphatic heterocycles. The van der Waals surface area contributed by atoms with E-state index >= 15 is 0 Å². The second kappa shape index (κ2) is 6.33. The molecule has 1 unspecified atom stereocenters. The molecule has 1 aromatic heterocycles. The van der Waals surface area contributed by atoms with Gasteiger partial charge < -0.3 is 14.4 Å². The Morgan fingerprint density at radius 1 is 1.63 bits per heavy atom. The number of aromatic amines is 1. The van der Waals surface area contributed by atoms with Crippen molar-refractivity contribution in [2.45, 2.75) is 18.9 Å². The number of ether oxygens (including phenoxy) is 2. The molecular formula is C12H17N3O4. The van der Waals surface area contributed by atoms with Crippen LogP contribution in [0.3, 0.4) is 0 Å². The van der Waals surface area contributed by atoms with E-state index in [1.807, 2.05) is 0 Å². The normalized spacial score (nSPS) is 19.2. The van der Waals surface area contributed by atoms with Crippen molar-refractivity contribution in [3.63, 3.8) is 0 Å². The van der Waals surface area contributed by atoms with Crippen molar-refractivity contribution in [2.24, 2.45) is 0 Å². The maximum Gasteiger partial charge on any atom is 0.308 e. The largest absolute Gasteiger partial charge is 0.469 e. The maximum absolute atomic E-state index is 12.1. The van der Waals surface area contributed by atoms with Crippen molar-refractivity contribution in [1.29, 1.82) is 0 Å². The summed E-state index contributed by atoms with van der Waals surface area (Å²) in [5.41, 5.74) is 0.779. The van der Waals surface area contributed by atoms with Crippen molar-refractivity contribution in [2.75, 3.05) is 26.8 Å². The number of hydrogen-bond acceptors (Lipinski definition) is 5. The van der Waals surface area contributed by atoms with E-state index in [1.54, 1.807) is 17.2 Å². The summed E-state index contributed by atoms with van der Waals surface area (Å²) < 4.78 is 10.0. The highest BCUT2D eigenvalue weighted by Gasteiger charge is 2.26. The molecule has 0 spiro atoms. The van der Waals surface area contributed by atoms with E-state index in [9.17, 15) is 9.59 Å². The van der Waals surface area contributed by atoms with E-state index in [0.717, 1.165) is 5.69 Å². The summed E-state index contributed by atoms with van der Waals surface area (Å²) >= 11 is 0. The van der Waals surface area contributed by atoms with Crippen LogP contribution in [0.25, 0.3) is 0 Å². The quantitative estimate of drug-likeness (QED) is 0.760. The van der Waals surface area contributed by atoms with Crippen LogP contribution in [-0.2, 0) is 25.5 Å². The fourth-order valence-corrected chi connectivity index (χ4v) is 2.00. The molecule has 0 aliphatic carbocycles. The molecule has 2 rings (SSSR count). The standard InChI is InChI=1S/C12H17N3O4/c1-18-12(17)7-10-8-15(4-5-19-10)11(16)6-9-2-3-13-14-9/h2-3,10H,4-8H2,1H3,(H,13,14). The Balaban J connectivity index is 1.86. The third-order valence-electron chi connectivity index (χ3n) is 3.01. The van der Waals surface area contributed by atoms with Gasteiger partial charge >= 0.3 is 5.97 Å². The first-order valence-electron chi connectivity index (χ1n) is 6.13. The lowest BCUT2D eigenvalue weighted by Crippen LogP contribution is -2.46. The van der Waals surface area contributed by atoms with Crippen molar-refractivity contribution < 1.29 is 19.1 Å². The van der Waals surface area contributed by atoms with Gasteiger partial charge in [0.2, 0.25) is 5.91 Å². The van der Waals surface area contributed by atoms with Gasteiger partial charge in [0.25, 0.3) is 0 Å². The average molecular weight is 267 g/mol. The van der Waals surface area contributed by atoms with Gasteiger partial charge in [0.05, 0.1) is 32.7 Å². The van der Waals surface area contributed by atoms with Gasteiger partial charge in [-0.2, -0.15) is 5.10 Å². The number of carbonyl (C=O) groups is 2. The van der Waals surface area contributed by atoms with E-state index in [4.69, 9.17) is 4.74 Å². The number of esters is 1. The SMILES string of the molecule is COC(=O)CC1CN(C(=O)Cc2ccn[nH]2)CCO1. The molecule has 0 saturated carbocycles. The van der Waals surface area contributed by atoms with Crippen LogP contribution in [0.1, 0.15) is 12.1 Å². The van der Waals surface area contributed by atoms with Gasteiger partial charge in [0, 0.05) is 25.0 Å². The fraction of sp³-hybridized carbons (Fsp3) is 0.583. The first kappa shape index (κ1) is 13.5. The Morgan fingerprint density at radius 3 is 3.16 bits per heavy atom. The molecule has 1 amide bonds. The van der Waals surface area contributed by atoms with Crippen LogP contribution in [0.2, 0.25) is 0 Å². The van der Waals surface area contributed by atoms with Gasteiger partial charge in [-0.05, 0) is 6.07 Å². The van der Waals surface area contributed by atoms with Crippen LogP contribution in [0, 0.1) is 0 Å². The number of methoxy groups -OCH3 is 1. The summed E-state index contributed by atoms with van der Waals surface area (Å²) in [5, 5.41) is 6.56. The van der Waals surface area contributed by atoms with Gasteiger partial charge in [-0.25, -0.2) is 0 Å². The van der Waals surface area contributed by atoms with E-state index < -0.39 is 0 Å². The molecule has 1 fully saturated rings. The molecule has 0 bridgehead atoms. The molecule has 0 aromatic carbocycles. The Bertz CT molecular complexity index is 432. The molecule has 19 heavy (non-hydrogen) atoms. The average Bonchev–Trinajstić information content (AvgIpc) is 2.91. The predicted octanol–water partition coefficient (Wildman–Crippen LogP) is -0.257. The molecule has 1 atom stereocenters. The minimum atomic E-state index is -0.326. The minimum absolute atomic E-state index is 0.00224. The highest BCUT2D eigenvalue weighted by molar-refractivity contribution is 5.78. The lowest BCUT2D eigenvalue weighted by Gasteiger charge is -2.32. The van der Waals surface area contributed by atoms with Crippen LogP contribution < -0.4 is 0 Å². The number of H-pyrrole nitrogens is 1. The third-order valence-corrected chi connectivity index (χ3v) is 3.01. The van der Waals surface area contributed by atoms with Gasteiger partial charge in [-0.3, -0.25) is 14.7 Å². The summed E-state index contributed by atoms with van der Waals surface area (Å²) in [4.78, 5) is 25.0. The molecule has 7 nitrogen and oxygen atoms in total. The zero-order chi connectivity index (χ0) is 13.7. The smallest absolute Gasteiger partial charge is 0.308 e. The zero-order valence-corrected chi connectivity index (χ0v) is 10.8. The molecule has 7 heteroatoms. The van der Waals surface area contributed by atoms with Gasteiger partial charge in [0.1, 0.15) is 0 Å². The third kappa shape index (κ3) is 3.78. The van der Waals surface area contributed by atoms with Crippen LogP contribution in [0.4, 0.5) is 0 Å². The van der Waals surface area contributed by atoms with E-state index in [0.29, 0.717) is 19.7 Å². The molecule has 2 heterocycles. The summed E-state index contributed by atoms with van der Waals surface area (Å²) in [7, 11) is 1.34. The van der Waals surface area contributed by atoms with Gasteiger partial charge in [-0.15, -0.1) is 0 Å². The van der Waals surface area contributed by atoms with E-state index in [1.165, 1.54) is 7.11 Å². The zero-order valence-electron chi connectivity index (χ0n) is 10.8. The summed E-state index contributed by atoms with van der Waals surface area (Å²) in [6.45, 7) is 1.41. The second-order valence-corrected chi connectivity index (χ2v) is 4.37. The number of rotatable bonds is 4. The first-order valence-corrected chi connectivity index (χ1v) is 6.13. The molecule has 1 aliphatic rings. The van der Waals surface area contributed by atoms with Crippen LogP contribution in [0.5, 0.6) is 0 Å². The first-order chi connectivity index (χ1) is 9.19.